The predicted molar refractivity (Wildman–Crippen MR) is 81.7 cm³/mol. The summed E-state index contributed by atoms with van der Waals surface area (Å²) in [6.07, 6.45) is 3.30. The Bertz CT molecular complexity index is 601. The van der Waals surface area contributed by atoms with E-state index < -0.39 is 0 Å². The maximum absolute atomic E-state index is 6.01. The van der Waals surface area contributed by atoms with Crippen molar-refractivity contribution in [2.45, 2.75) is 25.8 Å². The number of rotatable bonds is 5. The van der Waals surface area contributed by atoms with Crippen LogP contribution in [0.15, 0.2) is 10.7 Å². The lowest BCUT2D eigenvalue weighted by molar-refractivity contribution is 0.530. The highest BCUT2D eigenvalue weighted by Crippen LogP contribution is 2.28. The third kappa shape index (κ3) is 2.58. The van der Waals surface area contributed by atoms with Gasteiger partial charge >= 0.3 is 0 Å². The molecule has 8 heteroatoms. The smallest absolute Gasteiger partial charge is 0.126 e. The SMILES string of the molecule is CCc1nn(C)c(CC(NN)c2cnn(C)c2N)c1Br. The zero-order valence-electron chi connectivity index (χ0n) is 11.9. The van der Waals surface area contributed by atoms with Gasteiger partial charge in [0.25, 0.3) is 0 Å². The van der Waals surface area contributed by atoms with E-state index in [1.54, 1.807) is 10.9 Å². The molecule has 2 heterocycles. The van der Waals surface area contributed by atoms with Crippen LogP contribution >= 0.6 is 15.9 Å². The first-order valence-corrected chi connectivity index (χ1v) is 7.22. The minimum absolute atomic E-state index is 0.111. The summed E-state index contributed by atoms with van der Waals surface area (Å²) in [5.74, 6) is 6.30. The Balaban J connectivity index is 2.32. The van der Waals surface area contributed by atoms with Crippen LogP contribution in [0.1, 0.15) is 29.9 Å². The Morgan fingerprint density at radius 1 is 1.40 bits per heavy atom. The van der Waals surface area contributed by atoms with Gasteiger partial charge in [0.15, 0.2) is 0 Å². The molecule has 110 valence electrons. The molecule has 2 rings (SSSR count). The van der Waals surface area contributed by atoms with Gasteiger partial charge in [-0.15, -0.1) is 0 Å². The van der Waals surface area contributed by atoms with Crippen molar-refractivity contribution < 1.29 is 0 Å². The number of hydrazine groups is 1. The van der Waals surface area contributed by atoms with Crippen LogP contribution in [0, 0.1) is 0 Å². The van der Waals surface area contributed by atoms with Crippen LogP contribution in [0.3, 0.4) is 0 Å². The van der Waals surface area contributed by atoms with Gasteiger partial charge in [0.05, 0.1) is 28.1 Å². The molecule has 0 aliphatic heterocycles. The Kier molecular flexibility index (Phi) is 4.46. The van der Waals surface area contributed by atoms with E-state index in [0.717, 1.165) is 27.8 Å². The first-order valence-electron chi connectivity index (χ1n) is 6.43. The molecule has 0 aromatic carbocycles. The highest BCUT2D eigenvalue weighted by atomic mass is 79.9. The number of hydrogen-bond donors (Lipinski definition) is 3. The summed E-state index contributed by atoms with van der Waals surface area (Å²) in [5, 5.41) is 8.64. The van der Waals surface area contributed by atoms with Crippen molar-refractivity contribution in [1.29, 1.82) is 0 Å². The number of hydrogen-bond acceptors (Lipinski definition) is 5. The second-order valence-corrected chi connectivity index (χ2v) is 5.51. The second-order valence-electron chi connectivity index (χ2n) is 4.72. The molecule has 2 aromatic heterocycles. The zero-order chi connectivity index (χ0) is 14.9. The molecule has 2 aromatic rings. The Morgan fingerprint density at radius 2 is 2.10 bits per heavy atom. The fourth-order valence-electron chi connectivity index (χ4n) is 2.23. The monoisotopic (exact) mass is 341 g/mol. The van der Waals surface area contributed by atoms with Gasteiger partial charge in [-0.2, -0.15) is 10.2 Å². The molecule has 0 saturated heterocycles. The maximum atomic E-state index is 6.01. The van der Waals surface area contributed by atoms with Gasteiger partial charge in [-0.25, -0.2) is 0 Å². The highest BCUT2D eigenvalue weighted by molar-refractivity contribution is 9.10. The van der Waals surface area contributed by atoms with Crippen LogP contribution in [-0.2, 0) is 26.9 Å². The fourth-order valence-corrected chi connectivity index (χ4v) is 3.00. The molecule has 0 aliphatic carbocycles. The number of nitrogens with zero attached hydrogens (tertiary/aromatic N) is 4. The lowest BCUT2D eigenvalue weighted by atomic mass is 10.0. The fraction of sp³-hybridized carbons (Fsp3) is 0.500. The van der Waals surface area contributed by atoms with Crippen LogP contribution in [0.5, 0.6) is 0 Å². The molecular formula is C12H20BrN7. The molecule has 5 N–H and O–H groups in total. The van der Waals surface area contributed by atoms with E-state index in [-0.39, 0.29) is 6.04 Å². The van der Waals surface area contributed by atoms with Gasteiger partial charge in [-0.05, 0) is 22.4 Å². The van der Waals surface area contributed by atoms with Gasteiger partial charge < -0.3 is 5.73 Å². The highest BCUT2D eigenvalue weighted by Gasteiger charge is 2.21. The largest absolute Gasteiger partial charge is 0.384 e. The summed E-state index contributed by atoms with van der Waals surface area (Å²) in [7, 11) is 3.74. The molecule has 20 heavy (non-hydrogen) atoms. The number of nitrogen functional groups attached to an aromatic ring is 1. The summed E-state index contributed by atoms with van der Waals surface area (Å²) in [5.41, 5.74) is 11.8. The third-order valence-corrected chi connectivity index (χ3v) is 4.41. The molecule has 0 fully saturated rings. The van der Waals surface area contributed by atoms with Gasteiger partial charge in [-0.3, -0.25) is 20.6 Å². The molecule has 1 atom stereocenters. The van der Waals surface area contributed by atoms with E-state index in [2.05, 4.69) is 38.5 Å². The zero-order valence-corrected chi connectivity index (χ0v) is 13.5. The molecule has 0 spiro atoms. The first-order chi connectivity index (χ1) is 9.49. The van der Waals surface area contributed by atoms with Crippen LogP contribution in [0.2, 0.25) is 0 Å². The maximum Gasteiger partial charge on any atom is 0.126 e. The third-order valence-electron chi connectivity index (χ3n) is 3.49. The van der Waals surface area contributed by atoms with Crippen LogP contribution < -0.4 is 17.0 Å². The first kappa shape index (κ1) is 15.0. The molecule has 0 radical (unpaired) electrons. The molecule has 0 aliphatic rings. The van der Waals surface area contributed by atoms with E-state index in [0.29, 0.717) is 12.2 Å². The minimum Gasteiger partial charge on any atom is -0.384 e. The van der Waals surface area contributed by atoms with Crippen molar-refractivity contribution in [1.82, 2.24) is 25.0 Å². The molecular weight excluding hydrogens is 322 g/mol. The average molecular weight is 342 g/mol. The standard InChI is InChI=1S/C12H20BrN7/c1-4-8-11(13)10(19(2)18-8)5-9(17-15)7-6-16-20(3)12(7)14/h6,9,17H,4-5,14-15H2,1-3H3. The lowest BCUT2D eigenvalue weighted by Gasteiger charge is -2.16. The quantitative estimate of drug-likeness (QED) is 0.552. The molecule has 0 saturated carbocycles. The van der Waals surface area contributed by atoms with Gasteiger partial charge in [0.2, 0.25) is 0 Å². The van der Waals surface area contributed by atoms with Gasteiger partial charge in [-0.1, -0.05) is 6.92 Å². The Hall–Kier alpha value is -1.38. The molecule has 0 amide bonds. The van der Waals surface area contributed by atoms with E-state index in [1.165, 1.54) is 0 Å². The van der Waals surface area contributed by atoms with E-state index in [4.69, 9.17) is 11.6 Å². The number of halogens is 1. The molecule has 0 bridgehead atoms. The van der Waals surface area contributed by atoms with E-state index in [9.17, 15) is 0 Å². The van der Waals surface area contributed by atoms with Crippen LogP contribution in [0.4, 0.5) is 5.82 Å². The Labute approximate surface area is 126 Å². The topological polar surface area (TPSA) is 99.7 Å². The summed E-state index contributed by atoms with van der Waals surface area (Å²) in [4.78, 5) is 0. The van der Waals surface area contributed by atoms with E-state index in [1.807, 2.05) is 18.8 Å². The normalized spacial score (nSPS) is 12.8. The summed E-state index contributed by atoms with van der Waals surface area (Å²) < 4.78 is 4.54. The van der Waals surface area contributed by atoms with Crippen molar-refractivity contribution in [2.75, 3.05) is 5.73 Å². The van der Waals surface area contributed by atoms with Crippen LogP contribution in [0.25, 0.3) is 0 Å². The summed E-state index contributed by atoms with van der Waals surface area (Å²) >= 11 is 3.61. The van der Waals surface area contributed by atoms with Gasteiger partial charge in [0.1, 0.15) is 5.82 Å². The second kappa shape index (κ2) is 5.94. The van der Waals surface area contributed by atoms with E-state index >= 15 is 0 Å². The molecule has 1 unspecified atom stereocenters. The van der Waals surface area contributed by atoms with Crippen LogP contribution in [-0.4, -0.2) is 19.6 Å². The minimum atomic E-state index is -0.111. The van der Waals surface area contributed by atoms with Crippen molar-refractivity contribution >= 4 is 21.7 Å². The number of aryl methyl sites for hydroxylation is 3. The summed E-state index contributed by atoms with van der Waals surface area (Å²) in [6.45, 7) is 2.08. The van der Waals surface area contributed by atoms with Crippen molar-refractivity contribution in [3.8, 4) is 0 Å². The average Bonchev–Trinajstić information content (AvgIpc) is 2.90. The van der Waals surface area contributed by atoms with Gasteiger partial charge in [0, 0.05) is 26.1 Å². The number of aromatic nitrogens is 4. The number of anilines is 1. The molecule has 7 nitrogen and oxygen atoms in total. The number of nitrogens with two attached hydrogens (primary N) is 2. The predicted octanol–water partition coefficient (Wildman–Crippen LogP) is 0.808. The number of nitrogens with one attached hydrogen (secondary N) is 1. The Morgan fingerprint density at radius 3 is 2.55 bits per heavy atom. The van der Waals surface area contributed by atoms with Crippen molar-refractivity contribution in [3.05, 3.63) is 27.6 Å². The van der Waals surface area contributed by atoms with Crippen molar-refractivity contribution in [3.63, 3.8) is 0 Å². The summed E-state index contributed by atoms with van der Waals surface area (Å²) in [6, 6.07) is -0.111. The lowest BCUT2D eigenvalue weighted by Crippen LogP contribution is -2.30. The van der Waals surface area contributed by atoms with Crippen molar-refractivity contribution in [2.24, 2.45) is 19.9 Å².